The molecular weight excluding hydrogens is 390 g/mol. The van der Waals surface area contributed by atoms with Gasteiger partial charge in [0.1, 0.15) is 5.82 Å². The van der Waals surface area contributed by atoms with Gasteiger partial charge in [-0.25, -0.2) is 9.78 Å². The number of piperidine rings is 1. The second kappa shape index (κ2) is 7.80. The highest BCUT2D eigenvalue weighted by atomic mass is 35.5. The maximum absolute atomic E-state index is 13.0. The number of nitrogens with zero attached hydrogens (tertiary/aromatic N) is 5. The molecule has 1 atom stereocenters. The van der Waals surface area contributed by atoms with Crippen molar-refractivity contribution in [1.82, 2.24) is 23.6 Å². The fourth-order valence-corrected chi connectivity index (χ4v) is 4.35. The van der Waals surface area contributed by atoms with Crippen LogP contribution in [0, 0.1) is 0 Å². The van der Waals surface area contributed by atoms with Crippen LogP contribution in [0.25, 0.3) is 11.2 Å². The van der Waals surface area contributed by atoms with Crippen LogP contribution < -0.4 is 11.2 Å². The normalized spacial score (nSPS) is 17.9. The molecule has 3 aromatic rings. The molecule has 2 aromatic heterocycles. The first-order valence-electron chi connectivity index (χ1n) is 10.0. The Morgan fingerprint density at radius 2 is 1.86 bits per heavy atom. The summed E-state index contributed by atoms with van der Waals surface area (Å²) < 4.78 is 4.52. The summed E-state index contributed by atoms with van der Waals surface area (Å²) in [6.07, 6.45) is 3.56. The predicted octanol–water partition coefficient (Wildman–Crippen LogP) is 2.51. The van der Waals surface area contributed by atoms with Crippen LogP contribution in [0.1, 0.15) is 37.6 Å². The van der Waals surface area contributed by atoms with Crippen LogP contribution in [-0.4, -0.2) is 36.2 Å². The molecule has 0 unspecified atom stereocenters. The maximum Gasteiger partial charge on any atom is 0.332 e. The van der Waals surface area contributed by atoms with Crippen molar-refractivity contribution in [2.75, 3.05) is 6.54 Å². The van der Waals surface area contributed by atoms with Gasteiger partial charge in [-0.15, -0.1) is 0 Å². The molecule has 1 fully saturated rings. The molecule has 0 radical (unpaired) electrons. The largest absolute Gasteiger partial charge is 0.332 e. The first kappa shape index (κ1) is 19.9. The number of benzene rings is 1. The van der Waals surface area contributed by atoms with E-state index in [9.17, 15) is 9.59 Å². The zero-order valence-corrected chi connectivity index (χ0v) is 17.8. The lowest BCUT2D eigenvalue weighted by Gasteiger charge is -2.33. The lowest BCUT2D eigenvalue weighted by atomic mass is 10.0. The minimum atomic E-state index is -0.372. The Labute approximate surface area is 174 Å². The number of imidazole rings is 1. The molecule has 0 bridgehead atoms. The SMILES string of the molecule is C[C@@H]1CCCCN1Cc1nc2c(c(=O)n(C)c(=O)n2C)n1Cc1ccccc1Cl. The highest BCUT2D eigenvalue weighted by Gasteiger charge is 2.24. The first-order valence-corrected chi connectivity index (χ1v) is 10.4. The molecule has 154 valence electrons. The zero-order valence-electron chi connectivity index (χ0n) is 17.1. The molecule has 0 aliphatic carbocycles. The maximum atomic E-state index is 13.0. The third-order valence-electron chi connectivity index (χ3n) is 6.00. The van der Waals surface area contributed by atoms with Gasteiger partial charge in [0, 0.05) is 25.2 Å². The number of likely N-dealkylation sites (tertiary alicyclic amines) is 1. The molecule has 0 saturated carbocycles. The quantitative estimate of drug-likeness (QED) is 0.656. The van der Waals surface area contributed by atoms with E-state index in [1.807, 2.05) is 28.8 Å². The average Bonchev–Trinajstić information content (AvgIpc) is 3.06. The molecule has 3 heterocycles. The summed E-state index contributed by atoms with van der Waals surface area (Å²) in [4.78, 5) is 32.6. The topological polar surface area (TPSA) is 65.1 Å². The second-order valence-electron chi connectivity index (χ2n) is 7.90. The lowest BCUT2D eigenvalue weighted by Crippen LogP contribution is -2.38. The van der Waals surface area contributed by atoms with E-state index >= 15 is 0 Å². The summed E-state index contributed by atoms with van der Waals surface area (Å²) in [5, 5.41) is 0.647. The summed E-state index contributed by atoms with van der Waals surface area (Å²) in [6, 6.07) is 8.07. The van der Waals surface area contributed by atoms with Crippen LogP contribution in [0.2, 0.25) is 5.02 Å². The van der Waals surface area contributed by atoms with Crippen molar-refractivity contribution in [1.29, 1.82) is 0 Å². The standard InChI is InChI=1S/C21H26ClN5O2/c1-14-8-6-7-11-26(14)13-17-23-19-18(20(28)25(3)21(29)24(19)2)27(17)12-15-9-4-5-10-16(15)22/h4-5,9-10,14H,6-8,11-13H2,1-3H3/t14-/m1/s1. The molecule has 1 aliphatic rings. The van der Waals surface area contributed by atoms with Gasteiger partial charge >= 0.3 is 5.69 Å². The van der Waals surface area contributed by atoms with E-state index in [0.717, 1.165) is 35.3 Å². The highest BCUT2D eigenvalue weighted by molar-refractivity contribution is 6.31. The number of rotatable bonds is 4. The smallest absolute Gasteiger partial charge is 0.316 e. The van der Waals surface area contributed by atoms with Gasteiger partial charge in [-0.05, 0) is 37.9 Å². The van der Waals surface area contributed by atoms with E-state index in [1.165, 1.54) is 18.0 Å². The van der Waals surface area contributed by atoms with E-state index in [-0.39, 0.29) is 11.2 Å². The first-order chi connectivity index (χ1) is 13.9. The van der Waals surface area contributed by atoms with Crippen molar-refractivity contribution in [3.05, 3.63) is 61.5 Å². The molecule has 1 aliphatic heterocycles. The van der Waals surface area contributed by atoms with Gasteiger partial charge < -0.3 is 4.57 Å². The Morgan fingerprint density at radius 3 is 2.59 bits per heavy atom. The highest BCUT2D eigenvalue weighted by Crippen LogP contribution is 2.23. The van der Waals surface area contributed by atoms with Gasteiger partial charge in [0.25, 0.3) is 5.56 Å². The summed E-state index contributed by atoms with van der Waals surface area (Å²) in [5.41, 5.74) is 1.07. The summed E-state index contributed by atoms with van der Waals surface area (Å²) >= 11 is 6.40. The molecule has 1 saturated heterocycles. The number of aromatic nitrogens is 4. The van der Waals surface area contributed by atoms with Gasteiger partial charge in [0.15, 0.2) is 11.2 Å². The second-order valence-corrected chi connectivity index (χ2v) is 8.31. The Balaban J connectivity index is 1.90. The van der Waals surface area contributed by atoms with E-state index in [4.69, 9.17) is 16.6 Å². The van der Waals surface area contributed by atoms with Crippen LogP contribution in [0.3, 0.4) is 0 Å². The van der Waals surface area contributed by atoms with Crippen molar-refractivity contribution < 1.29 is 0 Å². The van der Waals surface area contributed by atoms with Crippen molar-refractivity contribution in [2.45, 2.75) is 45.3 Å². The van der Waals surface area contributed by atoms with Crippen LogP contribution in [0.15, 0.2) is 33.9 Å². The molecule has 29 heavy (non-hydrogen) atoms. The van der Waals surface area contributed by atoms with E-state index in [2.05, 4.69) is 11.8 Å². The van der Waals surface area contributed by atoms with Crippen LogP contribution in [-0.2, 0) is 27.2 Å². The fraction of sp³-hybridized carbons (Fsp3) is 0.476. The number of hydrogen-bond acceptors (Lipinski definition) is 4. The number of halogens is 1. The molecule has 4 rings (SSSR count). The average molecular weight is 416 g/mol. The van der Waals surface area contributed by atoms with Crippen LogP contribution in [0.5, 0.6) is 0 Å². The van der Waals surface area contributed by atoms with E-state index < -0.39 is 0 Å². The third-order valence-corrected chi connectivity index (χ3v) is 6.37. The number of aryl methyl sites for hydroxylation is 1. The van der Waals surface area contributed by atoms with Gasteiger partial charge in [-0.2, -0.15) is 0 Å². The Morgan fingerprint density at radius 1 is 1.10 bits per heavy atom. The van der Waals surface area contributed by atoms with Crippen molar-refractivity contribution in [3.63, 3.8) is 0 Å². The summed E-state index contributed by atoms with van der Waals surface area (Å²) in [7, 11) is 3.16. The number of hydrogen-bond donors (Lipinski definition) is 0. The monoisotopic (exact) mass is 415 g/mol. The molecule has 8 heteroatoms. The fourth-order valence-electron chi connectivity index (χ4n) is 4.15. The predicted molar refractivity (Wildman–Crippen MR) is 114 cm³/mol. The third kappa shape index (κ3) is 3.53. The molecule has 7 nitrogen and oxygen atoms in total. The van der Waals surface area contributed by atoms with Crippen LogP contribution in [0.4, 0.5) is 0 Å². The van der Waals surface area contributed by atoms with E-state index in [1.54, 1.807) is 7.05 Å². The van der Waals surface area contributed by atoms with E-state index in [0.29, 0.717) is 35.3 Å². The van der Waals surface area contributed by atoms with Gasteiger partial charge in [-0.1, -0.05) is 36.2 Å². The van der Waals surface area contributed by atoms with Crippen LogP contribution >= 0.6 is 11.6 Å². The molecule has 0 N–H and O–H groups in total. The molecule has 0 spiro atoms. The Hall–Kier alpha value is -2.38. The minimum Gasteiger partial charge on any atom is -0.316 e. The van der Waals surface area contributed by atoms with Crippen molar-refractivity contribution >= 4 is 22.8 Å². The van der Waals surface area contributed by atoms with Gasteiger partial charge in [0.05, 0.1) is 13.1 Å². The molecule has 1 aromatic carbocycles. The number of fused-ring (bicyclic) bond motifs is 1. The Kier molecular flexibility index (Phi) is 5.36. The molecular formula is C21H26ClN5O2. The molecule has 0 amide bonds. The lowest BCUT2D eigenvalue weighted by molar-refractivity contribution is 0.147. The minimum absolute atomic E-state index is 0.333. The van der Waals surface area contributed by atoms with Gasteiger partial charge in [-0.3, -0.25) is 18.8 Å². The Bertz CT molecular complexity index is 1180. The zero-order chi connectivity index (χ0) is 20.7. The van der Waals surface area contributed by atoms with Crippen molar-refractivity contribution in [3.8, 4) is 0 Å². The van der Waals surface area contributed by atoms with Gasteiger partial charge in [0.2, 0.25) is 0 Å². The van der Waals surface area contributed by atoms with Crippen molar-refractivity contribution in [2.24, 2.45) is 14.1 Å². The summed E-state index contributed by atoms with van der Waals surface area (Å²) in [5.74, 6) is 0.784. The summed E-state index contributed by atoms with van der Waals surface area (Å²) in [6.45, 7) is 4.31.